The molecule has 1 heterocycles. The molecule has 0 spiro atoms. The Balaban J connectivity index is 1.32. The van der Waals surface area contributed by atoms with Gasteiger partial charge in [-0.3, -0.25) is 4.79 Å². The highest BCUT2D eigenvalue weighted by Crippen LogP contribution is 2.40. The molecule has 5 nitrogen and oxygen atoms in total. The van der Waals surface area contributed by atoms with E-state index in [2.05, 4.69) is 52.6 Å². The van der Waals surface area contributed by atoms with Crippen LogP contribution in [-0.4, -0.2) is 25.6 Å². The summed E-state index contributed by atoms with van der Waals surface area (Å²) in [4.78, 5) is 12.7. The average Bonchev–Trinajstić information content (AvgIpc) is 3.16. The Kier molecular flexibility index (Phi) is 5.41. The third-order valence-electron chi connectivity index (χ3n) is 5.75. The largest absolute Gasteiger partial charge is 0.497 e. The number of methoxy groups -OCH3 is 1. The maximum Gasteiger partial charge on any atom is 0.238 e. The SMILES string of the molecule is COc1ccc2c(c1)CCC1C(C(=O)NCCCc3ccccc3)NNC21. The lowest BCUT2D eigenvalue weighted by molar-refractivity contribution is -0.123. The van der Waals surface area contributed by atoms with Gasteiger partial charge in [-0.25, -0.2) is 10.9 Å². The van der Waals surface area contributed by atoms with E-state index in [1.54, 1.807) is 7.11 Å². The van der Waals surface area contributed by atoms with Crippen LogP contribution in [0.3, 0.4) is 0 Å². The van der Waals surface area contributed by atoms with E-state index in [0.717, 1.165) is 31.4 Å². The molecule has 2 aliphatic rings. The maximum atomic E-state index is 12.7. The van der Waals surface area contributed by atoms with Crippen LogP contribution in [-0.2, 0) is 17.6 Å². The van der Waals surface area contributed by atoms with Gasteiger partial charge in [-0.2, -0.15) is 0 Å². The summed E-state index contributed by atoms with van der Waals surface area (Å²) < 4.78 is 5.34. The molecule has 3 unspecified atom stereocenters. The Morgan fingerprint density at radius 1 is 1.19 bits per heavy atom. The van der Waals surface area contributed by atoms with Crippen molar-refractivity contribution in [2.75, 3.05) is 13.7 Å². The zero-order valence-electron chi connectivity index (χ0n) is 15.7. The van der Waals surface area contributed by atoms with Crippen LogP contribution < -0.4 is 20.9 Å². The number of fused-ring (bicyclic) bond motifs is 3. The highest BCUT2D eigenvalue weighted by atomic mass is 16.5. The van der Waals surface area contributed by atoms with E-state index in [9.17, 15) is 4.79 Å². The summed E-state index contributed by atoms with van der Waals surface area (Å²) in [6.07, 6.45) is 3.91. The molecule has 27 heavy (non-hydrogen) atoms. The van der Waals surface area contributed by atoms with Crippen molar-refractivity contribution < 1.29 is 9.53 Å². The number of carbonyl (C=O) groups is 1. The van der Waals surface area contributed by atoms with E-state index >= 15 is 0 Å². The number of amides is 1. The summed E-state index contributed by atoms with van der Waals surface area (Å²) in [7, 11) is 1.70. The second-order valence-corrected chi connectivity index (χ2v) is 7.39. The Labute approximate surface area is 160 Å². The van der Waals surface area contributed by atoms with Gasteiger partial charge in [0.1, 0.15) is 11.8 Å². The summed E-state index contributed by atoms with van der Waals surface area (Å²) in [6, 6.07) is 16.6. The van der Waals surface area contributed by atoms with Crippen LogP contribution in [0, 0.1) is 5.92 Å². The van der Waals surface area contributed by atoms with Gasteiger partial charge in [0.25, 0.3) is 0 Å². The molecular formula is C22H27N3O2. The fourth-order valence-corrected chi connectivity index (χ4v) is 4.30. The van der Waals surface area contributed by atoms with Crippen LogP contribution in [0.5, 0.6) is 5.75 Å². The highest BCUT2D eigenvalue weighted by molar-refractivity contribution is 5.82. The van der Waals surface area contributed by atoms with Crippen molar-refractivity contribution in [2.45, 2.75) is 37.8 Å². The van der Waals surface area contributed by atoms with Gasteiger partial charge in [0.15, 0.2) is 0 Å². The number of hydrazine groups is 1. The molecule has 5 heteroatoms. The van der Waals surface area contributed by atoms with Crippen molar-refractivity contribution in [3.63, 3.8) is 0 Å². The number of aryl methyl sites for hydroxylation is 2. The van der Waals surface area contributed by atoms with E-state index in [1.165, 1.54) is 16.7 Å². The number of hydrogen-bond donors (Lipinski definition) is 3. The fourth-order valence-electron chi connectivity index (χ4n) is 4.30. The molecule has 1 aliphatic carbocycles. The number of hydrogen-bond acceptors (Lipinski definition) is 4. The van der Waals surface area contributed by atoms with Crippen molar-refractivity contribution >= 4 is 5.91 Å². The predicted octanol–water partition coefficient (Wildman–Crippen LogP) is 2.52. The van der Waals surface area contributed by atoms with Crippen LogP contribution in [0.25, 0.3) is 0 Å². The second kappa shape index (κ2) is 8.11. The normalized spacial score (nSPS) is 23.4. The summed E-state index contributed by atoms with van der Waals surface area (Å²) in [5.74, 6) is 1.27. The molecule has 2 aromatic rings. The molecule has 0 radical (unpaired) electrons. The molecule has 1 fully saturated rings. The van der Waals surface area contributed by atoms with Gasteiger partial charge < -0.3 is 10.1 Å². The molecular weight excluding hydrogens is 338 g/mol. The van der Waals surface area contributed by atoms with Gasteiger partial charge in [0, 0.05) is 12.5 Å². The van der Waals surface area contributed by atoms with Crippen LogP contribution in [0.2, 0.25) is 0 Å². The lowest BCUT2D eigenvalue weighted by Crippen LogP contribution is -2.46. The van der Waals surface area contributed by atoms with Crippen LogP contribution >= 0.6 is 0 Å². The molecule has 2 aromatic carbocycles. The molecule has 0 saturated carbocycles. The highest BCUT2D eigenvalue weighted by Gasteiger charge is 2.43. The number of rotatable bonds is 6. The summed E-state index contributed by atoms with van der Waals surface area (Å²) in [6.45, 7) is 0.705. The summed E-state index contributed by atoms with van der Waals surface area (Å²) in [5, 5.41) is 3.11. The first-order valence-corrected chi connectivity index (χ1v) is 9.76. The molecule has 4 rings (SSSR count). The smallest absolute Gasteiger partial charge is 0.238 e. The number of benzene rings is 2. The van der Waals surface area contributed by atoms with Crippen LogP contribution in [0.4, 0.5) is 0 Å². The lowest BCUT2D eigenvalue weighted by atomic mass is 9.77. The van der Waals surface area contributed by atoms with Crippen molar-refractivity contribution in [3.8, 4) is 5.75 Å². The van der Waals surface area contributed by atoms with Gasteiger partial charge in [-0.05, 0) is 54.5 Å². The minimum atomic E-state index is -0.179. The lowest BCUT2D eigenvalue weighted by Gasteiger charge is -2.29. The Morgan fingerprint density at radius 2 is 2.04 bits per heavy atom. The predicted molar refractivity (Wildman–Crippen MR) is 105 cm³/mol. The minimum absolute atomic E-state index is 0.0972. The van der Waals surface area contributed by atoms with E-state index in [1.807, 2.05) is 12.1 Å². The molecule has 3 N–H and O–H groups in total. The zero-order chi connectivity index (χ0) is 18.6. The van der Waals surface area contributed by atoms with Crippen molar-refractivity contribution in [3.05, 3.63) is 65.2 Å². The summed E-state index contributed by atoms with van der Waals surface area (Å²) in [5.41, 5.74) is 10.5. The first-order chi connectivity index (χ1) is 13.3. The number of nitrogens with one attached hydrogen (secondary N) is 3. The Hall–Kier alpha value is -2.37. The standard InChI is InChI=1S/C22H27N3O2/c1-27-17-10-12-18-16(14-17)9-11-19-20(18)24-25-21(19)22(26)23-13-5-8-15-6-3-2-4-7-15/h2-4,6-7,10,12,14,19-21,24-25H,5,8-9,11,13H2,1H3,(H,23,26). The third kappa shape index (κ3) is 3.84. The first kappa shape index (κ1) is 18.0. The van der Waals surface area contributed by atoms with Crippen molar-refractivity contribution in [1.29, 1.82) is 0 Å². The van der Waals surface area contributed by atoms with Gasteiger partial charge in [0.2, 0.25) is 5.91 Å². The Morgan fingerprint density at radius 3 is 2.85 bits per heavy atom. The van der Waals surface area contributed by atoms with Crippen LogP contribution in [0.1, 0.15) is 35.6 Å². The van der Waals surface area contributed by atoms with Crippen LogP contribution in [0.15, 0.2) is 48.5 Å². The van der Waals surface area contributed by atoms with Gasteiger partial charge in [-0.1, -0.05) is 36.4 Å². The van der Waals surface area contributed by atoms with E-state index < -0.39 is 0 Å². The third-order valence-corrected chi connectivity index (χ3v) is 5.75. The van der Waals surface area contributed by atoms with Crippen molar-refractivity contribution in [2.24, 2.45) is 5.92 Å². The fraction of sp³-hybridized carbons (Fsp3) is 0.409. The second-order valence-electron chi connectivity index (χ2n) is 7.39. The molecule has 3 atom stereocenters. The average molecular weight is 365 g/mol. The van der Waals surface area contributed by atoms with Gasteiger partial charge >= 0.3 is 0 Å². The van der Waals surface area contributed by atoms with E-state index in [0.29, 0.717) is 6.54 Å². The molecule has 0 bridgehead atoms. The monoisotopic (exact) mass is 365 g/mol. The molecule has 1 aliphatic heterocycles. The van der Waals surface area contributed by atoms with E-state index in [-0.39, 0.29) is 23.9 Å². The Bertz CT molecular complexity index is 793. The minimum Gasteiger partial charge on any atom is -0.497 e. The maximum absolute atomic E-state index is 12.7. The van der Waals surface area contributed by atoms with Crippen molar-refractivity contribution in [1.82, 2.24) is 16.2 Å². The topological polar surface area (TPSA) is 62.4 Å². The van der Waals surface area contributed by atoms with Gasteiger partial charge in [0.05, 0.1) is 13.2 Å². The van der Waals surface area contributed by atoms with E-state index in [4.69, 9.17) is 4.74 Å². The number of ether oxygens (including phenoxy) is 1. The zero-order valence-corrected chi connectivity index (χ0v) is 15.7. The van der Waals surface area contributed by atoms with Gasteiger partial charge in [-0.15, -0.1) is 0 Å². The molecule has 142 valence electrons. The quantitative estimate of drug-likeness (QED) is 0.689. The molecule has 1 amide bonds. The molecule has 0 aromatic heterocycles. The number of carbonyl (C=O) groups excluding carboxylic acids is 1. The summed E-state index contributed by atoms with van der Waals surface area (Å²) >= 11 is 0. The first-order valence-electron chi connectivity index (χ1n) is 9.76. The molecule has 1 saturated heterocycles.